The fourth-order valence-electron chi connectivity index (χ4n) is 2.60. The molecule has 1 aliphatic rings. The zero-order valence-corrected chi connectivity index (χ0v) is 11.6. The number of imide groups is 1. The highest BCUT2D eigenvalue weighted by atomic mass is 16.2. The SMILES string of the molecule is Cc1ccc2c(=O)n(C3CCCC(=O)NC3=O)cnc2c1. The lowest BCUT2D eigenvalue weighted by molar-refractivity contribution is -0.131. The summed E-state index contributed by atoms with van der Waals surface area (Å²) in [6.07, 6.45) is 2.72. The van der Waals surface area contributed by atoms with Crippen molar-refractivity contribution in [3.05, 3.63) is 40.4 Å². The van der Waals surface area contributed by atoms with Crippen molar-refractivity contribution in [1.82, 2.24) is 14.9 Å². The molecule has 0 bridgehead atoms. The number of carbonyl (C=O) groups excluding carboxylic acids is 2. The molecule has 1 atom stereocenters. The van der Waals surface area contributed by atoms with Crippen LogP contribution >= 0.6 is 0 Å². The minimum absolute atomic E-state index is 0.255. The first-order chi connectivity index (χ1) is 10.1. The minimum atomic E-state index is -0.679. The molecule has 6 nitrogen and oxygen atoms in total. The van der Waals surface area contributed by atoms with Crippen LogP contribution in [0.4, 0.5) is 0 Å². The summed E-state index contributed by atoms with van der Waals surface area (Å²) in [4.78, 5) is 40.2. The maximum atomic E-state index is 12.5. The van der Waals surface area contributed by atoms with E-state index < -0.39 is 11.9 Å². The molecule has 1 aromatic heterocycles. The Bertz CT molecular complexity index is 794. The van der Waals surface area contributed by atoms with Gasteiger partial charge in [-0.15, -0.1) is 0 Å². The molecule has 2 heterocycles. The monoisotopic (exact) mass is 285 g/mol. The van der Waals surface area contributed by atoms with Gasteiger partial charge in [-0.05, 0) is 37.5 Å². The first-order valence-electron chi connectivity index (χ1n) is 6.87. The van der Waals surface area contributed by atoms with Gasteiger partial charge < -0.3 is 0 Å². The third-order valence-corrected chi connectivity index (χ3v) is 3.72. The first-order valence-corrected chi connectivity index (χ1v) is 6.87. The van der Waals surface area contributed by atoms with Gasteiger partial charge in [0.25, 0.3) is 5.56 Å². The van der Waals surface area contributed by atoms with Crippen LogP contribution in [0.3, 0.4) is 0 Å². The molecule has 1 fully saturated rings. The third kappa shape index (κ3) is 2.44. The molecule has 2 amide bonds. The van der Waals surface area contributed by atoms with Crippen molar-refractivity contribution < 1.29 is 9.59 Å². The summed E-state index contributed by atoms with van der Waals surface area (Å²) >= 11 is 0. The normalized spacial score (nSPS) is 19.4. The van der Waals surface area contributed by atoms with Crippen LogP contribution in [0.25, 0.3) is 10.9 Å². The van der Waals surface area contributed by atoms with Gasteiger partial charge in [0.2, 0.25) is 11.8 Å². The molecule has 2 aromatic rings. The van der Waals surface area contributed by atoms with E-state index in [1.807, 2.05) is 19.1 Å². The number of nitrogens with one attached hydrogen (secondary N) is 1. The number of aryl methyl sites for hydroxylation is 1. The molecule has 1 saturated heterocycles. The van der Waals surface area contributed by atoms with Crippen LogP contribution in [-0.4, -0.2) is 21.4 Å². The van der Waals surface area contributed by atoms with E-state index in [1.165, 1.54) is 10.9 Å². The van der Waals surface area contributed by atoms with E-state index in [-0.39, 0.29) is 11.5 Å². The van der Waals surface area contributed by atoms with E-state index in [0.29, 0.717) is 30.2 Å². The topological polar surface area (TPSA) is 81.1 Å². The Hall–Kier alpha value is -2.50. The third-order valence-electron chi connectivity index (χ3n) is 3.72. The van der Waals surface area contributed by atoms with Crippen LogP contribution < -0.4 is 10.9 Å². The average Bonchev–Trinajstić information content (AvgIpc) is 2.60. The van der Waals surface area contributed by atoms with Crippen LogP contribution in [0.15, 0.2) is 29.3 Å². The number of fused-ring (bicyclic) bond motifs is 1. The van der Waals surface area contributed by atoms with Gasteiger partial charge in [0.05, 0.1) is 17.2 Å². The second-order valence-electron chi connectivity index (χ2n) is 5.30. The molecule has 1 unspecified atom stereocenters. The average molecular weight is 285 g/mol. The largest absolute Gasteiger partial charge is 0.295 e. The summed E-state index contributed by atoms with van der Waals surface area (Å²) in [5.41, 5.74) is 1.38. The molecule has 1 N–H and O–H groups in total. The molecule has 0 spiro atoms. The quantitative estimate of drug-likeness (QED) is 0.795. The number of nitrogens with zero attached hydrogens (tertiary/aromatic N) is 2. The number of hydrogen-bond donors (Lipinski definition) is 1. The zero-order chi connectivity index (χ0) is 15.0. The summed E-state index contributed by atoms with van der Waals surface area (Å²) < 4.78 is 1.32. The van der Waals surface area contributed by atoms with Gasteiger partial charge in [0.15, 0.2) is 0 Å². The highest BCUT2D eigenvalue weighted by molar-refractivity contribution is 5.97. The van der Waals surface area contributed by atoms with E-state index in [4.69, 9.17) is 0 Å². The van der Waals surface area contributed by atoms with Crippen LogP contribution in [-0.2, 0) is 9.59 Å². The molecule has 6 heteroatoms. The molecular formula is C15H15N3O3. The standard InChI is InChI=1S/C15H15N3O3/c1-9-5-6-10-11(7-9)16-8-18(15(10)21)12-3-2-4-13(19)17-14(12)20/h5-8,12H,2-4H2,1H3,(H,17,19,20). The number of amides is 2. The lowest BCUT2D eigenvalue weighted by Gasteiger charge is -2.16. The van der Waals surface area contributed by atoms with E-state index in [1.54, 1.807) is 6.07 Å². The summed E-state index contributed by atoms with van der Waals surface area (Å²) in [6, 6.07) is 4.71. The second-order valence-corrected chi connectivity index (χ2v) is 5.30. The Labute approximate surface area is 120 Å². The molecule has 1 aromatic carbocycles. The Balaban J connectivity index is 2.10. The molecule has 0 radical (unpaired) electrons. The summed E-state index contributed by atoms with van der Waals surface area (Å²) in [5.74, 6) is -0.729. The van der Waals surface area contributed by atoms with Crippen LogP contribution in [0.5, 0.6) is 0 Å². The van der Waals surface area contributed by atoms with E-state index in [9.17, 15) is 14.4 Å². The van der Waals surface area contributed by atoms with Crippen molar-refractivity contribution in [2.75, 3.05) is 0 Å². The summed E-state index contributed by atoms with van der Waals surface area (Å²) in [5, 5.41) is 2.79. The van der Waals surface area contributed by atoms with Crippen molar-refractivity contribution in [1.29, 1.82) is 0 Å². The number of carbonyl (C=O) groups is 2. The van der Waals surface area contributed by atoms with Crippen molar-refractivity contribution in [2.24, 2.45) is 0 Å². The maximum Gasteiger partial charge on any atom is 0.261 e. The smallest absolute Gasteiger partial charge is 0.261 e. The van der Waals surface area contributed by atoms with Crippen molar-refractivity contribution >= 4 is 22.7 Å². The fraction of sp³-hybridized carbons (Fsp3) is 0.333. The fourth-order valence-corrected chi connectivity index (χ4v) is 2.60. The van der Waals surface area contributed by atoms with Crippen molar-refractivity contribution in [3.8, 4) is 0 Å². The minimum Gasteiger partial charge on any atom is -0.295 e. The summed E-state index contributed by atoms with van der Waals surface area (Å²) in [7, 11) is 0. The Kier molecular flexibility index (Phi) is 3.29. The predicted molar refractivity (Wildman–Crippen MR) is 76.8 cm³/mol. The molecular weight excluding hydrogens is 270 g/mol. The van der Waals surface area contributed by atoms with Crippen LogP contribution in [0.2, 0.25) is 0 Å². The number of rotatable bonds is 1. The maximum absolute atomic E-state index is 12.5. The van der Waals surface area contributed by atoms with Gasteiger partial charge in [-0.25, -0.2) is 4.98 Å². The Morgan fingerprint density at radius 1 is 1.29 bits per heavy atom. The second kappa shape index (κ2) is 5.12. The van der Waals surface area contributed by atoms with E-state index in [2.05, 4.69) is 10.3 Å². The van der Waals surface area contributed by atoms with Gasteiger partial charge >= 0.3 is 0 Å². The van der Waals surface area contributed by atoms with Gasteiger partial charge in [-0.1, -0.05) is 6.07 Å². The lowest BCUT2D eigenvalue weighted by Crippen LogP contribution is -2.38. The lowest BCUT2D eigenvalue weighted by atomic mass is 10.1. The number of benzene rings is 1. The van der Waals surface area contributed by atoms with Crippen LogP contribution in [0, 0.1) is 6.92 Å². The van der Waals surface area contributed by atoms with Crippen molar-refractivity contribution in [2.45, 2.75) is 32.2 Å². The summed E-state index contributed by atoms with van der Waals surface area (Å²) in [6.45, 7) is 1.93. The molecule has 3 rings (SSSR count). The number of hydrogen-bond acceptors (Lipinski definition) is 4. The number of aromatic nitrogens is 2. The highest BCUT2D eigenvalue weighted by Crippen LogP contribution is 2.18. The van der Waals surface area contributed by atoms with Crippen molar-refractivity contribution in [3.63, 3.8) is 0 Å². The molecule has 0 saturated carbocycles. The van der Waals surface area contributed by atoms with Gasteiger partial charge in [-0.2, -0.15) is 0 Å². The van der Waals surface area contributed by atoms with E-state index in [0.717, 1.165) is 5.56 Å². The molecule has 108 valence electrons. The van der Waals surface area contributed by atoms with E-state index >= 15 is 0 Å². The molecule has 0 aliphatic carbocycles. The zero-order valence-electron chi connectivity index (χ0n) is 11.6. The predicted octanol–water partition coefficient (Wildman–Crippen LogP) is 1.07. The van der Waals surface area contributed by atoms with Gasteiger partial charge in [-0.3, -0.25) is 24.3 Å². The molecule has 21 heavy (non-hydrogen) atoms. The first kappa shape index (κ1) is 13.5. The highest BCUT2D eigenvalue weighted by Gasteiger charge is 2.26. The Morgan fingerprint density at radius 2 is 2.10 bits per heavy atom. The van der Waals surface area contributed by atoms with Gasteiger partial charge in [0, 0.05) is 6.42 Å². The Morgan fingerprint density at radius 3 is 2.90 bits per heavy atom. The van der Waals surface area contributed by atoms with Crippen LogP contribution in [0.1, 0.15) is 30.9 Å². The van der Waals surface area contributed by atoms with Gasteiger partial charge in [0.1, 0.15) is 6.04 Å². The molecule has 1 aliphatic heterocycles.